The number of halogens is 1. The maximum absolute atomic E-state index is 9.29. The molecule has 5 nitrogen and oxygen atoms in total. The van der Waals surface area contributed by atoms with E-state index in [0.29, 0.717) is 11.4 Å². The maximum Gasteiger partial charge on any atom is 0.137 e. The Morgan fingerprint density at radius 3 is 2.82 bits per heavy atom. The normalized spacial score (nSPS) is 10.8. The van der Waals surface area contributed by atoms with Gasteiger partial charge in [-0.2, -0.15) is 0 Å². The lowest BCUT2D eigenvalue weighted by atomic mass is 10.2. The molecular formula is C11H13BrN4O. The zero-order valence-corrected chi connectivity index (χ0v) is 11.3. The summed E-state index contributed by atoms with van der Waals surface area (Å²) in [6, 6.07) is 3.81. The molecule has 0 aliphatic carbocycles. The van der Waals surface area contributed by atoms with Crippen LogP contribution in [0.2, 0.25) is 0 Å². The molecule has 90 valence electrons. The van der Waals surface area contributed by atoms with Gasteiger partial charge in [-0.25, -0.2) is 9.67 Å². The van der Waals surface area contributed by atoms with E-state index < -0.39 is 0 Å². The van der Waals surface area contributed by atoms with Gasteiger partial charge in [-0.3, -0.25) is 0 Å². The van der Waals surface area contributed by atoms with Crippen LogP contribution in [-0.2, 0) is 20.1 Å². The molecule has 2 rings (SSSR count). The molecule has 0 bridgehead atoms. The molecule has 0 aliphatic heterocycles. The second-order valence-corrected chi connectivity index (χ2v) is 4.50. The first-order valence-corrected chi connectivity index (χ1v) is 6.11. The van der Waals surface area contributed by atoms with Crippen LogP contribution in [0, 0.1) is 0 Å². The van der Waals surface area contributed by atoms with Crippen LogP contribution in [0.15, 0.2) is 16.6 Å². The van der Waals surface area contributed by atoms with Crippen LogP contribution in [-0.4, -0.2) is 25.1 Å². The third-order valence-electron chi connectivity index (χ3n) is 2.59. The summed E-state index contributed by atoms with van der Waals surface area (Å²) in [5, 5.41) is 17.2. The number of aryl methyl sites for hydroxylation is 2. The molecule has 0 fully saturated rings. The van der Waals surface area contributed by atoms with Gasteiger partial charge in [-0.15, -0.1) is 5.10 Å². The molecule has 2 aromatic rings. The third kappa shape index (κ3) is 2.23. The summed E-state index contributed by atoms with van der Waals surface area (Å²) in [5.41, 5.74) is 3.01. The number of aliphatic hydroxyl groups is 1. The minimum atomic E-state index is -0.0992. The third-order valence-corrected chi connectivity index (χ3v) is 3.31. The highest BCUT2D eigenvalue weighted by molar-refractivity contribution is 9.10. The van der Waals surface area contributed by atoms with Crippen molar-refractivity contribution < 1.29 is 5.11 Å². The van der Waals surface area contributed by atoms with Crippen molar-refractivity contribution in [2.75, 3.05) is 0 Å². The molecule has 0 amide bonds. The molecule has 0 aromatic carbocycles. The second-order valence-electron chi connectivity index (χ2n) is 3.65. The van der Waals surface area contributed by atoms with Crippen molar-refractivity contribution in [2.24, 2.45) is 7.05 Å². The number of aliphatic hydroxyl groups excluding tert-OH is 1. The minimum Gasteiger partial charge on any atom is -0.390 e. The molecule has 0 saturated carbocycles. The maximum atomic E-state index is 9.29. The van der Waals surface area contributed by atoms with Crippen LogP contribution in [0.3, 0.4) is 0 Å². The van der Waals surface area contributed by atoms with Gasteiger partial charge in [0.1, 0.15) is 5.69 Å². The topological polar surface area (TPSA) is 63.8 Å². The van der Waals surface area contributed by atoms with Crippen LogP contribution >= 0.6 is 15.9 Å². The summed E-state index contributed by atoms with van der Waals surface area (Å²) in [7, 11) is 1.75. The van der Waals surface area contributed by atoms with Crippen molar-refractivity contribution in [3.8, 4) is 11.4 Å². The second kappa shape index (κ2) is 4.93. The van der Waals surface area contributed by atoms with Gasteiger partial charge in [-0.1, -0.05) is 12.1 Å². The Labute approximate surface area is 108 Å². The van der Waals surface area contributed by atoms with Gasteiger partial charge in [0.2, 0.25) is 0 Å². The van der Waals surface area contributed by atoms with E-state index in [-0.39, 0.29) is 6.61 Å². The van der Waals surface area contributed by atoms with E-state index in [1.807, 2.05) is 19.1 Å². The van der Waals surface area contributed by atoms with Crippen LogP contribution in [0.25, 0.3) is 11.4 Å². The fourth-order valence-corrected chi connectivity index (χ4v) is 2.12. The summed E-state index contributed by atoms with van der Waals surface area (Å²) >= 11 is 3.45. The number of nitrogens with zero attached hydrogens (tertiary/aromatic N) is 4. The number of rotatable bonds is 3. The van der Waals surface area contributed by atoms with Crippen LogP contribution in [0.4, 0.5) is 0 Å². The highest BCUT2D eigenvalue weighted by atomic mass is 79.9. The van der Waals surface area contributed by atoms with E-state index in [2.05, 4.69) is 31.2 Å². The van der Waals surface area contributed by atoms with E-state index in [9.17, 15) is 5.11 Å². The average molecular weight is 297 g/mol. The Balaban J connectivity index is 2.52. The van der Waals surface area contributed by atoms with E-state index in [1.54, 1.807) is 11.7 Å². The highest BCUT2D eigenvalue weighted by Gasteiger charge is 2.14. The first kappa shape index (κ1) is 12.2. The predicted molar refractivity (Wildman–Crippen MR) is 67.2 cm³/mol. The minimum absolute atomic E-state index is 0.0992. The first-order valence-electron chi connectivity index (χ1n) is 5.32. The Morgan fingerprint density at radius 1 is 1.41 bits per heavy atom. The molecule has 0 unspecified atom stereocenters. The van der Waals surface area contributed by atoms with E-state index in [1.165, 1.54) is 0 Å². The molecule has 2 heterocycles. The molecule has 2 aromatic heterocycles. The Hall–Kier alpha value is -1.27. The first-order chi connectivity index (χ1) is 8.17. The van der Waals surface area contributed by atoms with E-state index >= 15 is 0 Å². The van der Waals surface area contributed by atoms with Gasteiger partial charge in [0.15, 0.2) is 0 Å². The summed E-state index contributed by atoms with van der Waals surface area (Å²) < 4.78 is 2.54. The van der Waals surface area contributed by atoms with Crippen LogP contribution in [0.5, 0.6) is 0 Å². The van der Waals surface area contributed by atoms with Crippen molar-refractivity contribution in [1.29, 1.82) is 0 Å². The largest absolute Gasteiger partial charge is 0.390 e. The van der Waals surface area contributed by atoms with Gasteiger partial charge in [0.05, 0.1) is 23.7 Å². The molecule has 0 atom stereocenters. The highest BCUT2D eigenvalue weighted by Crippen LogP contribution is 2.23. The van der Waals surface area contributed by atoms with Gasteiger partial charge in [-0.05, 0) is 34.5 Å². The number of hydrogen-bond donors (Lipinski definition) is 1. The molecule has 1 N–H and O–H groups in total. The fraction of sp³-hybridized carbons (Fsp3) is 0.364. The quantitative estimate of drug-likeness (QED) is 0.936. The van der Waals surface area contributed by atoms with Crippen LogP contribution in [0.1, 0.15) is 18.3 Å². The zero-order valence-electron chi connectivity index (χ0n) is 9.68. The van der Waals surface area contributed by atoms with Crippen molar-refractivity contribution in [3.63, 3.8) is 0 Å². The van der Waals surface area contributed by atoms with Gasteiger partial charge in [0.25, 0.3) is 0 Å². The van der Waals surface area contributed by atoms with E-state index in [0.717, 1.165) is 22.3 Å². The zero-order chi connectivity index (χ0) is 12.4. The molecule has 0 saturated heterocycles. The summed E-state index contributed by atoms with van der Waals surface area (Å²) in [4.78, 5) is 4.51. The number of pyridine rings is 1. The fourth-order valence-electron chi connectivity index (χ4n) is 1.62. The molecule has 6 heteroatoms. The Bertz CT molecular complexity index is 538. The summed E-state index contributed by atoms with van der Waals surface area (Å²) in [6.07, 6.45) is 0.836. The molecule has 0 radical (unpaired) electrons. The van der Waals surface area contributed by atoms with Crippen molar-refractivity contribution in [2.45, 2.75) is 20.0 Å². The molecule has 0 aliphatic rings. The molecule has 17 heavy (non-hydrogen) atoms. The lowest BCUT2D eigenvalue weighted by Gasteiger charge is -2.04. The lowest BCUT2D eigenvalue weighted by molar-refractivity contribution is 0.271. The SMILES string of the molecule is CCc1nc(-c2nnn(C)c2CO)ccc1Br. The standard InChI is InChI=1S/C11H13BrN4O/c1-3-8-7(12)4-5-9(13-8)11-10(6-17)16(2)15-14-11/h4-5,17H,3,6H2,1-2H3. The van der Waals surface area contributed by atoms with Gasteiger partial charge >= 0.3 is 0 Å². The Kier molecular flexibility index (Phi) is 3.54. The smallest absolute Gasteiger partial charge is 0.137 e. The monoisotopic (exact) mass is 296 g/mol. The van der Waals surface area contributed by atoms with Gasteiger partial charge < -0.3 is 5.11 Å². The van der Waals surface area contributed by atoms with Crippen molar-refractivity contribution in [1.82, 2.24) is 20.0 Å². The lowest BCUT2D eigenvalue weighted by Crippen LogP contribution is -1.99. The molecule has 0 spiro atoms. The Morgan fingerprint density at radius 2 is 2.18 bits per heavy atom. The van der Waals surface area contributed by atoms with Crippen LogP contribution < -0.4 is 0 Å². The summed E-state index contributed by atoms with van der Waals surface area (Å²) in [6.45, 7) is 1.94. The molecular weight excluding hydrogens is 284 g/mol. The number of hydrogen-bond acceptors (Lipinski definition) is 4. The van der Waals surface area contributed by atoms with Crippen molar-refractivity contribution >= 4 is 15.9 Å². The predicted octanol–water partition coefficient (Wildman–Crippen LogP) is 1.69. The number of aromatic nitrogens is 4. The van der Waals surface area contributed by atoms with E-state index in [4.69, 9.17) is 0 Å². The summed E-state index contributed by atoms with van der Waals surface area (Å²) in [5.74, 6) is 0. The average Bonchev–Trinajstić information content (AvgIpc) is 2.71. The van der Waals surface area contributed by atoms with Gasteiger partial charge in [0, 0.05) is 11.5 Å². The van der Waals surface area contributed by atoms with Crippen molar-refractivity contribution in [3.05, 3.63) is 28.0 Å².